The summed E-state index contributed by atoms with van der Waals surface area (Å²) in [7, 11) is 0. The molecule has 2 rings (SSSR count). The van der Waals surface area contributed by atoms with E-state index in [0.717, 1.165) is 0 Å². The van der Waals surface area contributed by atoms with Crippen molar-refractivity contribution in [1.82, 2.24) is 0 Å². The first-order chi connectivity index (χ1) is 10.8. The Morgan fingerprint density at radius 1 is 0.826 bits per heavy atom. The summed E-state index contributed by atoms with van der Waals surface area (Å²) in [5, 5.41) is 66.7. The van der Waals surface area contributed by atoms with Gasteiger partial charge in [-0.1, -0.05) is 0 Å². The summed E-state index contributed by atoms with van der Waals surface area (Å²) < 4.78 is 14.8. The number of cyclic esters (lactones) is 1. The van der Waals surface area contributed by atoms with Gasteiger partial charge in [0.2, 0.25) is 0 Å². The fraction of sp³-hybridized carbons (Fsp3) is 0.917. The fourth-order valence-corrected chi connectivity index (χ4v) is 2.43. The van der Waals surface area contributed by atoms with Gasteiger partial charge in [-0.25, -0.2) is 4.79 Å². The number of carbonyl (C=O) groups is 1. The summed E-state index contributed by atoms with van der Waals surface area (Å²) >= 11 is 0. The molecule has 11 heteroatoms. The highest BCUT2D eigenvalue weighted by atomic mass is 16.7. The second-order valence-electron chi connectivity index (χ2n) is 5.39. The van der Waals surface area contributed by atoms with Crippen LogP contribution in [0.5, 0.6) is 0 Å². The minimum Gasteiger partial charge on any atom is -0.455 e. The van der Waals surface area contributed by atoms with Gasteiger partial charge in [-0.3, -0.25) is 0 Å². The third-order valence-electron chi connectivity index (χ3n) is 3.85. The Hall–Kier alpha value is -0.890. The summed E-state index contributed by atoms with van der Waals surface area (Å²) in [6.45, 7) is -1.41. The minimum absolute atomic E-state index is 0.697. The molecule has 9 atom stereocenters. The number of hydrogen-bond donors (Lipinski definition) is 7. The van der Waals surface area contributed by atoms with Crippen molar-refractivity contribution in [3.8, 4) is 0 Å². The van der Waals surface area contributed by atoms with Crippen molar-refractivity contribution >= 4 is 5.97 Å². The summed E-state index contributed by atoms with van der Waals surface area (Å²) in [4.78, 5) is 11.8. The summed E-state index contributed by atoms with van der Waals surface area (Å²) in [5.74, 6) is -1.11. The highest BCUT2D eigenvalue weighted by Crippen LogP contribution is 2.26. The number of carbonyl (C=O) groups excluding carboxylic acids is 1. The van der Waals surface area contributed by atoms with Crippen molar-refractivity contribution < 1.29 is 54.8 Å². The first-order valence-corrected chi connectivity index (χ1v) is 6.95. The van der Waals surface area contributed by atoms with Gasteiger partial charge in [0.15, 0.2) is 18.5 Å². The third-order valence-corrected chi connectivity index (χ3v) is 3.85. The molecule has 2 saturated heterocycles. The van der Waals surface area contributed by atoms with Crippen LogP contribution in [-0.2, 0) is 19.0 Å². The van der Waals surface area contributed by atoms with Gasteiger partial charge >= 0.3 is 5.97 Å². The lowest BCUT2D eigenvalue weighted by molar-refractivity contribution is -0.323. The van der Waals surface area contributed by atoms with Gasteiger partial charge in [-0.15, -0.1) is 0 Å². The van der Waals surface area contributed by atoms with Crippen molar-refractivity contribution in [3.63, 3.8) is 0 Å². The van der Waals surface area contributed by atoms with Crippen molar-refractivity contribution in [2.24, 2.45) is 0 Å². The van der Waals surface area contributed by atoms with Gasteiger partial charge in [0.1, 0.15) is 36.6 Å². The molecule has 0 spiro atoms. The molecule has 0 aromatic carbocycles. The molecule has 2 aliphatic heterocycles. The molecule has 134 valence electrons. The van der Waals surface area contributed by atoms with E-state index in [-0.39, 0.29) is 0 Å². The van der Waals surface area contributed by atoms with Crippen LogP contribution < -0.4 is 0 Å². The first-order valence-electron chi connectivity index (χ1n) is 6.95. The second kappa shape index (κ2) is 7.34. The Kier molecular flexibility index (Phi) is 5.89. The van der Waals surface area contributed by atoms with Gasteiger partial charge in [-0.05, 0) is 0 Å². The van der Waals surface area contributed by atoms with E-state index >= 15 is 0 Å². The van der Waals surface area contributed by atoms with Gasteiger partial charge in [0.25, 0.3) is 0 Å². The number of hydrogen-bond acceptors (Lipinski definition) is 11. The van der Waals surface area contributed by atoms with E-state index < -0.39 is 74.3 Å². The Balaban J connectivity index is 2.09. The van der Waals surface area contributed by atoms with Crippen molar-refractivity contribution in [3.05, 3.63) is 0 Å². The lowest BCUT2D eigenvalue weighted by atomic mass is 9.98. The van der Waals surface area contributed by atoms with E-state index in [9.17, 15) is 30.3 Å². The first kappa shape index (κ1) is 18.4. The summed E-state index contributed by atoms with van der Waals surface area (Å²) in [6.07, 6.45) is -14.5. The molecule has 0 unspecified atom stereocenters. The van der Waals surface area contributed by atoms with Gasteiger partial charge in [0, 0.05) is 0 Å². The maximum absolute atomic E-state index is 11.8. The highest BCUT2D eigenvalue weighted by Gasteiger charge is 2.50. The number of aliphatic hydroxyl groups excluding tert-OH is 7. The predicted molar refractivity (Wildman–Crippen MR) is 67.6 cm³/mol. The molecule has 0 saturated carbocycles. The standard InChI is InChI=1S/C12H20O11/c13-1-3-6(16)8(18)10(11(20)21-3)23-12-9(19)7(17)5(15)4(2-14)22-12/h3-10,12-19H,1-2H2/t3-,4-,5-,6-,7+,8+,9+,10+,12-/m1/s1. The van der Waals surface area contributed by atoms with Crippen molar-refractivity contribution in [2.75, 3.05) is 13.2 Å². The van der Waals surface area contributed by atoms with E-state index in [1.165, 1.54) is 0 Å². The molecule has 0 aliphatic carbocycles. The normalized spacial score (nSPS) is 48.1. The lowest BCUT2D eigenvalue weighted by Gasteiger charge is -2.42. The molecule has 2 heterocycles. The molecule has 2 fully saturated rings. The van der Waals surface area contributed by atoms with Gasteiger partial charge < -0.3 is 50.0 Å². The Morgan fingerprint density at radius 2 is 1.39 bits per heavy atom. The largest absolute Gasteiger partial charge is 0.455 e. The molecule has 0 aromatic rings. The van der Waals surface area contributed by atoms with E-state index in [1.807, 2.05) is 0 Å². The van der Waals surface area contributed by atoms with E-state index in [1.54, 1.807) is 0 Å². The van der Waals surface area contributed by atoms with Crippen LogP contribution in [0.15, 0.2) is 0 Å². The topological polar surface area (TPSA) is 186 Å². The second-order valence-corrected chi connectivity index (χ2v) is 5.39. The van der Waals surface area contributed by atoms with Gasteiger partial charge in [0.05, 0.1) is 13.2 Å². The van der Waals surface area contributed by atoms with Crippen LogP contribution in [-0.4, -0.2) is 110 Å². The van der Waals surface area contributed by atoms with Crippen LogP contribution in [0.4, 0.5) is 0 Å². The van der Waals surface area contributed by atoms with E-state index in [4.69, 9.17) is 19.7 Å². The third kappa shape index (κ3) is 3.47. The SMILES string of the molecule is O=C1O[C@H](CO)[C@@H](O)[C@H](O)[C@@H]1O[C@H]1O[C@H](CO)[C@@H](O)[C@H](O)[C@@H]1O. The average Bonchev–Trinajstić information content (AvgIpc) is 2.54. The van der Waals surface area contributed by atoms with Crippen LogP contribution in [0, 0.1) is 0 Å². The zero-order chi connectivity index (χ0) is 17.3. The number of esters is 1. The zero-order valence-corrected chi connectivity index (χ0v) is 11.9. The van der Waals surface area contributed by atoms with E-state index in [0.29, 0.717) is 0 Å². The smallest absolute Gasteiger partial charge is 0.338 e. The maximum atomic E-state index is 11.8. The number of rotatable bonds is 4. The molecule has 7 N–H and O–H groups in total. The molecule has 11 nitrogen and oxygen atoms in total. The van der Waals surface area contributed by atoms with Crippen LogP contribution in [0.3, 0.4) is 0 Å². The minimum atomic E-state index is -1.78. The fourth-order valence-electron chi connectivity index (χ4n) is 2.43. The zero-order valence-electron chi connectivity index (χ0n) is 11.9. The molecule has 0 amide bonds. The molecular weight excluding hydrogens is 320 g/mol. The molecule has 0 radical (unpaired) electrons. The van der Waals surface area contributed by atoms with Crippen molar-refractivity contribution in [2.45, 2.75) is 55.1 Å². The van der Waals surface area contributed by atoms with Crippen LogP contribution in [0.2, 0.25) is 0 Å². The number of ether oxygens (including phenoxy) is 3. The lowest BCUT2D eigenvalue weighted by Crippen LogP contribution is -2.63. The highest BCUT2D eigenvalue weighted by molar-refractivity contribution is 5.76. The van der Waals surface area contributed by atoms with E-state index in [2.05, 4.69) is 4.74 Å². The molecule has 0 bridgehead atoms. The van der Waals surface area contributed by atoms with Crippen LogP contribution >= 0.6 is 0 Å². The Bertz CT molecular complexity index is 416. The Morgan fingerprint density at radius 3 is 1.96 bits per heavy atom. The Labute approximate surface area is 130 Å². The molecule has 2 aliphatic rings. The molecule has 0 aromatic heterocycles. The monoisotopic (exact) mass is 340 g/mol. The summed E-state index contributed by atoms with van der Waals surface area (Å²) in [6, 6.07) is 0. The quantitative estimate of drug-likeness (QED) is 0.242. The number of aliphatic hydroxyl groups is 7. The van der Waals surface area contributed by atoms with Crippen molar-refractivity contribution in [1.29, 1.82) is 0 Å². The van der Waals surface area contributed by atoms with Crippen LogP contribution in [0.25, 0.3) is 0 Å². The summed E-state index contributed by atoms with van der Waals surface area (Å²) in [5.41, 5.74) is 0. The average molecular weight is 340 g/mol. The molecular formula is C12H20O11. The predicted octanol–water partition coefficient (Wildman–Crippen LogP) is -5.19. The maximum Gasteiger partial charge on any atom is 0.338 e. The van der Waals surface area contributed by atoms with Gasteiger partial charge in [-0.2, -0.15) is 0 Å². The molecule has 23 heavy (non-hydrogen) atoms. The van der Waals surface area contributed by atoms with Crippen LogP contribution in [0.1, 0.15) is 0 Å².